The third kappa shape index (κ3) is 4.68. The van der Waals surface area contributed by atoms with Gasteiger partial charge in [0.15, 0.2) is 0 Å². The molecular formula is C17H29N3O. The molecule has 0 spiro atoms. The SMILES string of the molecule is CCC1CN(c2ncc(CNCC(C)C)cc2C)CCO1. The van der Waals surface area contributed by atoms with E-state index in [2.05, 4.69) is 44.0 Å². The number of rotatable bonds is 6. The Balaban J connectivity index is 1.98. The first-order valence-electron chi connectivity index (χ1n) is 8.13. The number of morpholine rings is 1. The van der Waals surface area contributed by atoms with Crippen molar-refractivity contribution in [2.24, 2.45) is 5.92 Å². The molecule has 1 unspecified atom stereocenters. The average molecular weight is 291 g/mol. The Labute approximate surface area is 128 Å². The van der Waals surface area contributed by atoms with Crippen LogP contribution in [0.25, 0.3) is 0 Å². The number of nitrogens with one attached hydrogen (secondary N) is 1. The second kappa shape index (κ2) is 7.76. The minimum atomic E-state index is 0.340. The van der Waals surface area contributed by atoms with Crippen molar-refractivity contribution in [3.63, 3.8) is 0 Å². The normalized spacial score (nSPS) is 19.3. The molecule has 1 fully saturated rings. The summed E-state index contributed by atoms with van der Waals surface area (Å²) in [7, 11) is 0. The second-order valence-corrected chi connectivity index (χ2v) is 6.36. The molecule has 0 aliphatic carbocycles. The highest BCUT2D eigenvalue weighted by molar-refractivity contribution is 5.47. The topological polar surface area (TPSA) is 37.4 Å². The molecule has 21 heavy (non-hydrogen) atoms. The number of aromatic nitrogens is 1. The molecule has 0 radical (unpaired) electrons. The van der Waals surface area contributed by atoms with Crippen LogP contribution in [0.4, 0.5) is 5.82 Å². The zero-order valence-corrected chi connectivity index (χ0v) is 13.9. The minimum absolute atomic E-state index is 0.340. The highest BCUT2D eigenvalue weighted by atomic mass is 16.5. The van der Waals surface area contributed by atoms with Crippen LogP contribution < -0.4 is 10.2 Å². The molecule has 1 aliphatic rings. The maximum Gasteiger partial charge on any atom is 0.131 e. The number of anilines is 1. The van der Waals surface area contributed by atoms with Crippen LogP contribution in [0.5, 0.6) is 0 Å². The van der Waals surface area contributed by atoms with E-state index in [9.17, 15) is 0 Å². The lowest BCUT2D eigenvalue weighted by atomic mass is 10.1. The van der Waals surface area contributed by atoms with E-state index in [0.717, 1.165) is 45.0 Å². The molecule has 4 heteroatoms. The molecule has 2 heterocycles. The number of nitrogens with zero attached hydrogens (tertiary/aromatic N) is 2. The molecule has 2 rings (SSSR count). The van der Waals surface area contributed by atoms with E-state index in [0.29, 0.717) is 12.0 Å². The van der Waals surface area contributed by atoms with Gasteiger partial charge in [0, 0.05) is 25.8 Å². The largest absolute Gasteiger partial charge is 0.375 e. The van der Waals surface area contributed by atoms with Crippen molar-refractivity contribution in [2.45, 2.75) is 46.8 Å². The van der Waals surface area contributed by atoms with Crippen molar-refractivity contribution in [2.75, 3.05) is 31.1 Å². The average Bonchev–Trinajstić information content (AvgIpc) is 2.47. The van der Waals surface area contributed by atoms with Crippen molar-refractivity contribution >= 4 is 5.82 Å². The molecule has 1 atom stereocenters. The number of aryl methyl sites for hydroxylation is 1. The maximum absolute atomic E-state index is 5.74. The standard InChI is InChI=1S/C17H29N3O/c1-5-16-12-20(6-7-21-16)17-14(4)8-15(11-19-17)10-18-9-13(2)3/h8,11,13,16,18H,5-7,9-10,12H2,1-4H3. The van der Waals surface area contributed by atoms with E-state index in [1.165, 1.54) is 11.1 Å². The van der Waals surface area contributed by atoms with Gasteiger partial charge in [0.25, 0.3) is 0 Å². The lowest BCUT2D eigenvalue weighted by Crippen LogP contribution is -2.43. The van der Waals surface area contributed by atoms with Crippen molar-refractivity contribution < 1.29 is 4.74 Å². The summed E-state index contributed by atoms with van der Waals surface area (Å²) in [4.78, 5) is 7.06. The van der Waals surface area contributed by atoms with Crippen LogP contribution in [-0.4, -0.2) is 37.3 Å². The van der Waals surface area contributed by atoms with E-state index in [1.54, 1.807) is 0 Å². The van der Waals surface area contributed by atoms with Crippen LogP contribution in [0.15, 0.2) is 12.3 Å². The summed E-state index contributed by atoms with van der Waals surface area (Å²) in [5.41, 5.74) is 2.52. The van der Waals surface area contributed by atoms with Crippen molar-refractivity contribution in [3.05, 3.63) is 23.4 Å². The summed E-state index contributed by atoms with van der Waals surface area (Å²) >= 11 is 0. The highest BCUT2D eigenvalue weighted by Crippen LogP contribution is 2.21. The quantitative estimate of drug-likeness (QED) is 0.874. The van der Waals surface area contributed by atoms with E-state index >= 15 is 0 Å². The number of hydrogen-bond donors (Lipinski definition) is 1. The number of hydrogen-bond acceptors (Lipinski definition) is 4. The van der Waals surface area contributed by atoms with Gasteiger partial charge in [-0.05, 0) is 43.0 Å². The Hall–Kier alpha value is -1.13. The summed E-state index contributed by atoms with van der Waals surface area (Å²) in [5, 5.41) is 3.47. The summed E-state index contributed by atoms with van der Waals surface area (Å²) < 4.78 is 5.74. The fraction of sp³-hybridized carbons (Fsp3) is 0.706. The summed E-state index contributed by atoms with van der Waals surface area (Å²) in [6, 6.07) is 2.26. The van der Waals surface area contributed by atoms with Gasteiger partial charge in [0.1, 0.15) is 5.82 Å². The molecule has 118 valence electrons. The molecule has 1 saturated heterocycles. The first kappa shape index (κ1) is 16.2. The van der Waals surface area contributed by atoms with Crippen molar-refractivity contribution in [1.29, 1.82) is 0 Å². The zero-order chi connectivity index (χ0) is 15.2. The Bertz CT molecular complexity index is 448. The minimum Gasteiger partial charge on any atom is -0.375 e. The molecular weight excluding hydrogens is 262 g/mol. The van der Waals surface area contributed by atoms with E-state index in [1.807, 2.05) is 6.20 Å². The van der Waals surface area contributed by atoms with Gasteiger partial charge in [-0.25, -0.2) is 4.98 Å². The van der Waals surface area contributed by atoms with E-state index in [-0.39, 0.29) is 0 Å². The molecule has 1 aliphatic heterocycles. The fourth-order valence-corrected chi connectivity index (χ4v) is 2.72. The predicted molar refractivity (Wildman–Crippen MR) is 87.8 cm³/mol. The molecule has 4 nitrogen and oxygen atoms in total. The van der Waals surface area contributed by atoms with Crippen molar-refractivity contribution in [1.82, 2.24) is 10.3 Å². The molecule has 0 saturated carbocycles. The first-order valence-corrected chi connectivity index (χ1v) is 8.13. The number of pyridine rings is 1. The van der Waals surface area contributed by atoms with E-state index < -0.39 is 0 Å². The van der Waals surface area contributed by atoms with Gasteiger partial charge in [-0.15, -0.1) is 0 Å². The summed E-state index contributed by atoms with van der Waals surface area (Å²) in [6.45, 7) is 13.4. The molecule has 1 aromatic heterocycles. The van der Waals surface area contributed by atoms with Gasteiger partial charge in [-0.1, -0.05) is 20.8 Å². The van der Waals surface area contributed by atoms with Crippen molar-refractivity contribution in [3.8, 4) is 0 Å². The lowest BCUT2D eigenvalue weighted by molar-refractivity contribution is 0.0381. The molecule has 0 bridgehead atoms. The Morgan fingerprint density at radius 3 is 2.95 bits per heavy atom. The van der Waals surface area contributed by atoms with Gasteiger partial charge in [-0.3, -0.25) is 0 Å². The zero-order valence-electron chi connectivity index (χ0n) is 13.9. The fourth-order valence-electron chi connectivity index (χ4n) is 2.72. The van der Waals surface area contributed by atoms with Gasteiger partial charge in [0.05, 0.1) is 12.7 Å². The summed E-state index contributed by atoms with van der Waals surface area (Å²) in [5.74, 6) is 1.79. The van der Waals surface area contributed by atoms with Gasteiger partial charge >= 0.3 is 0 Å². The van der Waals surface area contributed by atoms with Gasteiger partial charge in [0.2, 0.25) is 0 Å². The van der Waals surface area contributed by atoms with Crippen LogP contribution in [0.3, 0.4) is 0 Å². The maximum atomic E-state index is 5.74. The summed E-state index contributed by atoms with van der Waals surface area (Å²) in [6.07, 6.45) is 3.41. The molecule has 1 aromatic rings. The third-order valence-electron chi connectivity index (χ3n) is 3.88. The first-order chi connectivity index (χ1) is 10.1. The molecule has 0 amide bonds. The van der Waals surface area contributed by atoms with Crippen LogP contribution in [0.1, 0.15) is 38.3 Å². The highest BCUT2D eigenvalue weighted by Gasteiger charge is 2.21. The lowest BCUT2D eigenvalue weighted by Gasteiger charge is -2.34. The van der Waals surface area contributed by atoms with Crippen LogP contribution in [0.2, 0.25) is 0 Å². The van der Waals surface area contributed by atoms with Crippen LogP contribution >= 0.6 is 0 Å². The van der Waals surface area contributed by atoms with Crippen LogP contribution in [0, 0.1) is 12.8 Å². The molecule has 0 aromatic carbocycles. The Morgan fingerprint density at radius 1 is 1.48 bits per heavy atom. The van der Waals surface area contributed by atoms with Gasteiger partial charge < -0.3 is 15.0 Å². The smallest absolute Gasteiger partial charge is 0.131 e. The Kier molecular flexibility index (Phi) is 6.00. The monoisotopic (exact) mass is 291 g/mol. The second-order valence-electron chi connectivity index (χ2n) is 6.36. The third-order valence-corrected chi connectivity index (χ3v) is 3.88. The number of ether oxygens (including phenoxy) is 1. The predicted octanol–water partition coefficient (Wildman–Crippen LogP) is 2.75. The van der Waals surface area contributed by atoms with Crippen LogP contribution in [-0.2, 0) is 11.3 Å². The Morgan fingerprint density at radius 2 is 2.29 bits per heavy atom. The molecule has 1 N–H and O–H groups in total. The van der Waals surface area contributed by atoms with Gasteiger partial charge in [-0.2, -0.15) is 0 Å². The van der Waals surface area contributed by atoms with E-state index in [4.69, 9.17) is 9.72 Å².